The standard InChI is InChI=1S/C16H23N3O3.2ClH/c1-20-14-10-16(22-3)15(21-2)9-13(14)11-17-5-4-7-19-8-6-18-12-19;;/h6,8-10,12,17H,4-5,7,11H2,1-3H3;2*1H. The Morgan fingerprint density at radius 2 is 1.67 bits per heavy atom. The van der Waals surface area contributed by atoms with E-state index in [-0.39, 0.29) is 24.8 Å². The summed E-state index contributed by atoms with van der Waals surface area (Å²) in [6.07, 6.45) is 6.63. The van der Waals surface area contributed by atoms with Gasteiger partial charge in [0.2, 0.25) is 0 Å². The lowest BCUT2D eigenvalue weighted by atomic mass is 10.1. The van der Waals surface area contributed by atoms with Gasteiger partial charge < -0.3 is 24.1 Å². The number of ether oxygens (including phenoxy) is 3. The van der Waals surface area contributed by atoms with Gasteiger partial charge in [-0.15, -0.1) is 24.8 Å². The number of methoxy groups -OCH3 is 3. The van der Waals surface area contributed by atoms with Crippen molar-refractivity contribution < 1.29 is 14.2 Å². The van der Waals surface area contributed by atoms with Crippen LogP contribution in [0.2, 0.25) is 0 Å². The number of hydrogen-bond donors (Lipinski definition) is 1. The topological polar surface area (TPSA) is 57.5 Å². The van der Waals surface area contributed by atoms with Crippen LogP contribution in [0.3, 0.4) is 0 Å². The number of aromatic nitrogens is 2. The highest BCUT2D eigenvalue weighted by molar-refractivity contribution is 5.85. The van der Waals surface area contributed by atoms with Gasteiger partial charge in [-0.3, -0.25) is 0 Å². The lowest BCUT2D eigenvalue weighted by Crippen LogP contribution is -2.17. The largest absolute Gasteiger partial charge is 0.496 e. The van der Waals surface area contributed by atoms with Gasteiger partial charge in [0.1, 0.15) is 5.75 Å². The summed E-state index contributed by atoms with van der Waals surface area (Å²) in [5, 5.41) is 3.42. The molecule has 24 heavy (non-hydrogen) atoms. The predicted molar refractivity (Wildman–Crippen MR) is 99.1 cm³/mol. The minimum Gasteiger partial charge on any atom is -0.496 e. The molecule has 0 spiro atoms. The van der Waals surface area contributed by atoms with Crippen LogP contribution in [-0.2, 0) is 13.1 Å². The Labute approximate surface area is 155 Å². The van der Waals surface area contributed by atoms with Crippen molar-refractivity contribution in [2.75, 3.05) is 27.9 Å². The van der Waals surface area contributed by atoms with Crippen LogP contribution in [0.4, 0.5) is 0 Å². The molecular weight excluding hydrogens is 353 g/mol. The third-order valence-electron chi connectivity index (χ3n) is 3.43. The van der Waals surface area contributed by atoms with E-state index < -0.39 is 0 Å². The third kappa shape index (κ3) is 6.11. The summed E-state index contributed by atoms with van der Waals surface area (Å²) in [5.74, 6) is 2.17. The third-order valence-corrected chi connectivity index (χ3v) is 3.43. The Kier molecular flexibility index (Phi) is 11.0. The monoisotopic (exact) mass is 377 g/mol. The number of imidazole rings is 1. The van der Waals surface area contributed by atoms with Crippen LogP contribution in [0.15, 0.2) is 30.9 Å². The van der Waals surface area contributed by atoms with Gasteiger partial charge in [-0.05, 0) is 19.0 Å². The Hall–Kier alpha value is -1.63. The molecule has 1 N–H and O–H groups in total. The van der Waals surface area contributed by atoms with Crippen LogP contribution in [0.1, 0.15) is 12.0 Å². The second-order valence-electron chi connectivity index (χ2n) is 4.85. The molecule has 0 aliphatic heterocycles. The van der Waals surface area contributed by atoms with Crippen LogP contribution >= 0.6 is 24.8 Å². The molecule has 0 saturated heterocycles. The van der Waals surface area contributed by atoms with Crippen LogP contribution < -0.4 is 19.5 Å². The van der Waals surface area contributed by atoms with Crippen LogP contribution in [0, 0.1) is 0 Å². The highest BCUT2D eigenvalue weighted by Crippen LogP contribution is 2.34. The molecule has 0 radical (unpaired) electrons. The van der Waals surface area contributed by atoms with Gasteiger partial charge in [0, 0.05) is 37.1 Å². The molecule has 0 bridgehead atoms. The number of hydrogen-bond acceptors (Lipinski definition) is 5. The van der Waals surface area contributed by atoms with Crippen LogP contribution in [0.25, 0.3) is 0 Å². The summed E-state index contributed by atoms with van der Waals surface area (Å²) in [4.78, 5) is 4.03. The number of rotatable bonds is 9. The van der Waals surface area contributed by atoms with Gasteiger partial charge in [0.15, 0.2) is 11.5 Å². The summed E-state index contributed by atoms with van der Waals surface area (Å²) >= 11 is 0. The first-order valence-corrected chi connectivity index (χ1v) is 7.23. The molecule has 0 atom stereocenters. The molecule has 8 heteroatoms. The van der Waals surface area contributed by atoms with Crippen molar-refractivity contribution in [1.82, 2.24) is 14.9 Å². The van der Waals surface area contributed by atoms with E-state index in [1.807, 2.05) is 24.7 Å². The van der Waals surface area contributed by atoms with Crippen molar-refractivity contribution in [1.29, 1.82) is 0 Å². The molecule has 0 amide bonds. The molecule has 0 aliphatic carbocycles. The molecule has 2 aromatic rings. The zero-order chi connectivity index (χ0) is 15.8. The highest BCUT2D eigenvalue weighted by atomic mass is 35.5. The zero-order valence-electron chi connectivity index (χ0n) is 14.2. The van der Waals surface area contributed by atoms with Crippen molar-refractivity contribution in [3.05, 3.63) is 36.4 Å². The predicted octanol–water partition coefficient (Wildman–Crippen LogP) is 2.93. The lowest BCUT2D eigenvalue weighted by Gasteiger charge is -2.14. The first-order chi connectivity index (χ1) is 10.8. The molecule has 1 aromatic carbocycles. The normalized spacial score (nSPS) is 9.62. The second kappa shape index (κ2) is 11.8. The molecule has 1 aromatic heterocycles. The Morgan fingerprint density at radius 3 is 2.25 bits per heavy atom. The van der Waals surface area contributed by atoms with Gasteiger partial charge >= 0.3 is 0 Å². The fourth-order valence-electron chi connectivity index (χ4n) is 2.26. The molecule has 0 aliphatic rings. The van der Waals surface area contributed by atoms with E-state index in [9.17, 15) is 0 Å². The Balaban J connectivity index is 0.00000264. The van der Waals surface area contributed by atoms with Crippen LogP contribution in [-0.4, -0.2) is 37.4 Å². The number of aryl methyl sites for hydroxylation is 1. The van der Waals surface area contributed by atoms with E-state index in [0.717, 1.165) is 30.8 Å². The summed E-state index contributed by atoms with van der Waals surface area (Å²) < 4.78 is 18.1. The Morgan fingerprint density at radius 1 is 1.00 bits per heavy atom. The van der Waals surface area contributed by atoms with E-state index in [1.165, 1.54) is 0 Å². The van der Waals surface area contributed by atoms with Crippen molar-refractivity contribution >= 4 is 24.8 Å². The maximum Gasteiger partial charge on any atom is 0.164 e. The minimum absolute atomic E-state index is 0. The molecule has 2 rings (SSSR count). The maximum absolute atomic E-state index is 5.42. The fraction of sp³-hybridized carbons (Fsp3) is 0.438. The first-order valence-electron chi connectivity index (χ1n) is 7.23. The van der Waals surface area contributed by atoms with E-state index in [2.05, 4.69) is 14.9 Å². The van der Waals surface area contributed by atoms with Gasteiger partial charge in [0.05, 0.1) is 27.7 Å². The minimum atomic E-state index is 0. The van der Waals surface area contributed by atoms with Crippen molar-refractivity contribution in [3.63, 3.8) is 0 Å². The van der Waals surface area contributed by atoms with Crippen molar-refractivity contribution in [2.45, 2.75) is 19.5 Å². The van der Waals surface area contributed by atoms with Gasteiger partial charge in [0.25, 0.3) is 0 Å². The first kappa shape index (κ1) is 22.4. The molecule has 6 nitrogen and oxygen atoms in total. The second-order valence-corrected chi connectivity index (χ2v) is 4.85. The molecule has 0 unspecified atom stereocenters. The molecular formula is C16H25Cl2N3O3. The van der Waals surface area contributed by atoms with E-state index >= 15 is 0 Å². The fourth-order valence-corrected chi connectivity index (χ4v) is 2.26. The smallest absolute Gasteiger partial charge is 0.164 e. The highest BCUT2D eigenvalue weighted by Gasteiger charge is 2.11. The summed E-state index contributed by atoms with van der Waals surface area (Å²) in [7, 11) is 4.90. The SMILES string of the molecule is COc1cc(OC)c(OC)cc1CNCCCn1ccnc1.Cl.Cl. The average molecular weight is 378 g/mol. The number of nitrogens with one attached hydrogen (secondary N) is 1. The molecule has 1 heterocycles. The molecule has 0 saturated carbocycles. The zero-order valence-corrected chi connectivity index (χ0v) is 15.8. The van der Waals surface area contributed by atoms with Gasteiger partial charge in [-0.25, -0.2) is 4.98 Å². The van der Waals surface area contributed by atoms with Gasteiger partial charge in [-0.2, -0.15) is 0 Å². The van der Waals surface area contributed by atoms with Gasteiger partial charge in [-0.1, -0.05) is 0 Å². The number of nitrogens with zero attached hydrogens (tertiary/aromatic N) is 2. The van der Waals surface area contributed by atoms with E-state index in [0.29, 0.717) is 18.0 Å². The van der Waals surface area contributed by atoms with Crippen molar-refractivity contribution in [3.8, 4) is 17.2 Å². The quantitative estimate of drug-likeness (QED) is 0.680. The molecule has 0 fully saturated rings. The van der Waals surface area contributed by atoms with E-state index in [4.69, 9.17) is 14.2 Å². The summed E-state index contributed by atoms with van der Waals surface area (Å²) in [6.45, 7) is 2.58. The molecule has 136 valence electrons. The summed E-state index contributed by atoms with van der Waals surface area (Å²) in [5.41, 5.74) is 1.04. The number of benzene rings is 1. The van der Waals surface area contributed by atoms with Crippen molar-refractivity contribution in [2.24, 2.45) is 0 Å². The van der Waals surface area contributed by atoms with E-state index in [1.54, 1.807) is 27.5 Å². The Bertz CT molecular complexity index is 580. The van der Waals surface area contributed by atoms with Crippen LogP contribution in [0.5, 0.6) is 17.2 Å². The summed E-state index contributed by atoms with van der Waals surface area (Å²) in [6, 6.07) is 3.79. The maximum atomic E-state index is 5.42. The number of halogens is 2. The lowest BCUT2D eigenvalue weighted by molar-refractivity contribution is 0.347. The average Bonchev–Trinajstić information content (AvgIpc) is 3.07.